The van der Waals surface area contributed by atoms with Gasteiger partial charge in [-0.2, -0.15) is 0 Å². The Balaban J connectivity index is 2.42. The van der Waals surface area contributed by atoms with Gasteiger partial charge in [-0.05, 0) is 31.4 Å². The monoisotopic (exact) mass is 294 g/mol. The first-order valence-corrected chi connectivity index (χ1v) is 7.38. The van der Waals surface area contributed by atoms with E-state index in [9.17, 15) is 20.3 Å². The molecule has 0 bridgehead atoms. The van der Waals surface area contributed by atoms with Crippen LogP contribution >= 0.6 is 0 Å². The maximum Gasteiger partial charge on any atom is 0.292 e. The average molecular weight is 294 g/mol. The van der Waals surface area contributed by atoms with Gasteiger partial charge in [0.25, 0.3) is 5.69 Å². The first kappa shape index (κ1) is 15.7. The van der Waals surface area contributed by atoms with Gasteiger partial charge in [0.15, 0.2) is 0 Å². The lowest BCUT2D eigenvalue weighted by molar-refractivity contribution is -0.384. The van der Waals surface area contributed by atoms with Gasteiger partial charge in [0, 0.05) is 12.6 Å². The van der Waals surface area contributed by atoms with Gasteiger partial charge < -0.3 is 15.1 Å². The number of aliphatic hydroxyl groups is 2. The molecule has 1 aromatic carbocycles. The van der Waals surface area contributed by atoms with Crippen molar-refractivity contribution in [2.24, 2.45) is 0 Å². The predicted molar refractivity (Wildman–Crippen MR) is 80.4 cm³/mol. The van der Waals surface area contributed by atoms with Gasteiger partial charge in [0.2, 0.25) is 0 Å². The fourth-order valence-corrected chi connectivity index (χ4v) is 2.87. The normalized spacial score (nSPS) is 20.9. The molecule has 1 aliphatic heterocycles. The minimum Gasteiger partial charge on any atom is -0.394 e. The molecule has 0 saturated carbocycles. The van der Waals surface area contributed by atoms with Crippen molar-refractivity contribution in [3.05, 3.63) is 33.9 Å². The lowest BCUT2D eigenvalue weighted by atomic mass is 10.1. The van der Waals surface area contributed by atoms with E-state index in [-0.39, 0.29) is 18.3 Å². The molecule has 1 heterocycles. The second kappa shape index (κ2) is 6.87. The fraction of sp³-hybridized carbons (Fsp3) is 0.600. The number of nitrogens with zero attached hydrogens (tertiary/aromatic N) is 2. The summed E-state index contributed by atoms with van der Waals surface area (Å²) in [5.74, 6) is 0. The highest BCUT2D eigenvalue weighted by atomic mass is 16.6. The number of nitro groups is 1. The van der Waals surface area contributed by atoms with E-state index in [1.807, 2.05) is 4.90 Å². The average Bonchev–Trinajstić information content (AvgIpc) is 2.71. The Hall–Kier alpha value is -1.66. The second-order valence-corrected chi connectivity index (χ2v) is 5.56. The molecule has 2 atom stereocenters. The molecule has 0 radical (unpaired) electrons. The van der Waals surface area contributed by atoms with Crippen molar-refractivity contribution < 1.29 is 15.1 Å². The Bertz CT molecular complexity index is 504. The zero-order valence-electron chi connectivity index (χ0n) is 12.2. The minimum absolute atomic E-state index is 0.00465. The highest BCUT2D eigenvalue weighted by Gasteiger charge is 2.27. The van der Waals surface area contributed by atoms with Crippen LogP contribution in [0.1, 0.15) is 44.3 Å². The van der Waals surface area contributed by atoms with E-state index in [2.05, 4.69) is 0 Å². The van der Waals surface area contributed by atoms with Crippen LogP contribution in [-0.4, -0.2) is 34.3 Å². The van der Waals surface area contributed by atoms with E-state index >= 15 is 0 Å². The molecule has 1 fully saturated rings. The summed E-state index contributed by atoms with van der Waals surface area (Å²) in [7, 11) is 0. The number of hydrogen-bond donors (Lipinski definition) is 2. The number of benzene rings is 1. The quantitative estimate of drug-likeness (QED) is 0.657. The van der Waals surface area contributed by atoms with Gasteiger partial charge in [-0.15, -0.1) is 0 Å². The summed E-state index contributed by atoms with van der Waals surface area (Å²) in [5.41, 5.74) is 1.06. The predicted octanol–water partition coefficient (Wildman–Crippen LogP) is 2.39. The third-order valence-electron chi connectivity index (χ3n) is 4.08. The van der Waals surface area contributed by atoms with E-state index < -0.39 is 11.0 Å². The second-order valence-electron chi connectivity index (χ2n) is 5.56. The van der Waals surface area contributed by atoms with Crippen molar-refractivity contribution in [2.75, 3.05) is 18.1 Å². The van der Waals surface area contributed by atoms with Gasteiger partial charge in [-0.25, -0.2) is 0 Å². The molecule has 2 N–H and O–H groups in total. The van der Waals surface area contributed by atoms with Crippen LogP contribution in [0.2, 0.25) is 0 Å². The maximum atomic E-state index is 11.4. The lowest BCUT2D eigenvalue weighted by Crippen LogP contribution is -2.38. The molecule has 0 amide bonds. The molecular weight excluding hydrogens is 272 g/mol. The van der Waals surface area contributed by atoms with Crippen LogP contribution in [0.3, 0.4) is 0 Å². The van der Waals surface area contributed by atoms with Gasteiger partial charge in [-0.3, -0.25) is 10.1 Å². The summed E-state index contributed by atoms with van der Waals surface area (Å²) in [6, 6.07) is 4.75. The van der Waals surface area contributed by atoms with Crippen molar-refractivity contribution in [3.8, 4) is 0 Å². The number of hydrogen-bond acceptors (Lipinski definition) is 5. The molecule has 1 saturated heterocycles. The molecule has 1 aromatic rings. The maximum absolute atomic E-state index is 11.4. The zero-order valence-corrected chi connectivity index (χ0v) is 12.2. The largest absolute Gasteiger partial charge is 0.394 e. The molecule has 0 spiro atoms. The minimum atomic E-state index is -0.740. The standard InChI is InChI=1S/C15H22N2O4/c1-11(19)12-6-7-14(15(9-12)17(20)21)16-8-4-2-3-5-13(16)10-18/h6-7,9,11,13,18-19H,2-5,8,10H2,1H3/t11-,13?/m1/s1. The molecule has 1 aliphatic rings. The molecule has 116 valence electrons. The number of aliphatic hydroxyl groups excluding tert-OH is 2. The summed E-state index contributed by atoms with van der Waals surface area (Å²) in [5, 5.41) is 30.5. The van der Waals surface area contributed by atoms with E-state index in [1.54, 1.807) is 19.1 Å². The Morgan fingerprint density at radius 3 is 2.81 bits per heavy atom. The van der Waals surface area contributed by atoms with E-state index in [0.717, 1.165) is 25.7 Å². The van der Waals surface area contributed by atoms with E-state index in [1.165, 1.54) is 6.07 Å². The van der Waals surface area contributed by atoms with Crippen LogP contribution in [0.4, 0.5) is 11.4 Å². The van der Waals surface area contributed by atoms with Crippen LogP contribution in [-0.2, 0) is 0 Å². The van der Waals surface area contributed by atoms with Gasteiger partial charge in [-0.1, -0.05) is 18.9 Å². The zero-order chi connectivity index (χ0) is 15.4. The van der Waals surface area contributed by atoms with E-state index in [0.29, 0.717) is 17.8 Å². The third-order valence-corrected chi connectivity index (χ3v) is 4.08. The highest BCUT2D eigenvalue weighted by Crippen LogP contribution is 2.34. The van der Waals surface area contributed by atoms with Crippen molar-refractivity contribution >= 4 is 11.4 Å². The molecule has 6 nitrogen and oxygen atoms in total. The van der Waals surface area contributed by atoms with Crippen LogP contribution in [0.15, 0.2) is 18.2 Å². The summed E-state index contributed by atoms with van der Waals surface area (Å²) in [4.78, 5) is 12.9. The topological polar surface area (TPSA) is 86.8 Å². The summed E-state index contributed by atoms with van der Waals surface area (Å²) in [6.07, 6.45) is 3.17. The fourth-order valence-electron chi connectivity index (χ4n) is 2.87. The molecule has 21 heavy (non-hydrogen) atoms. The first-order chi connectivity index (χ1) is 10.0. The molecule has 1 unspecified atom stereocenters. The summed E-state index contributed by atoms with van der Waals surface area (Å²) < 4.78 is 0. The number of nitro benzene ring substituents is 1. The lowest BCUT2D eigenvalue weighted by Gasteiger charge is -2.30. The smallest absolute Gasteiger partial charge is 0.292 e. The van der Waals surface area contributed by atoms with Gasteiger partial charge >= 0.3 is 0 Å². The molecule has 6 heteroatoms. The molecule has 2 rings (SSSR count). The Morgan fingerprint density at radius 2 is 2.19 bits per heavy atom. The van der Waals surface area contributed by atoms with Gasteiger partial charge in [0.1, 0.15) is 5.69 Å². The van der Waals surface area contributed by atoms with Crippen LogP contribution in [0.5, 0.6) is 0 Å². The Morgan fingerprint density at radius 1 is 1.43 bits per heavy atom. The Kier molecular flexibility index (Phi) is 5.14. The molecule has 0 aliphatic carbocycles. The van der Waals surface area contributed by atoms with Crippen LogP contribution < -0.4 is 4.90 Å². The first-order valence-electron chi connectivity index (χ1n) is 7.38. The van der Waals surface area contributed by atoms with Crippen molar-refractivity contribution in [3.63, 3.8) is 0 Å². The van der Waals surface area contributed by atoms with Crippen LogP contribution in [0.25, 0.3) is 0 Å². The van der Waals surface area contributed by atoms with Crippen molar-refractivity contribution in [1.29, 1.82) is 0 Å². The summed E-state index contributed by atoms with van der Waals surface area (Å²) >= 11 is 0. The highest BCUT2D eigenvalue weighted by molar-refractivity contribution is 5.65. The van der Waals surface area contributed by atoms with Crippen LogP contribution in [0, 0.1) is 10.1 Å². The summed E-state index contributed by atoms with van der Waals surface area (Å²) in [6.45, 7) is 2.29. The Labute approximate surface area is 124 Å². The van der Waals surface area contributed by atoms with Gasteiger partial charge in [0.05, 0.1) is 23.7 Å². The molecule has 0 aromatic heterocycles. The number of rotatable bonds is 4. The van der Waals surface area contributed by atoms with Crippen molar-refractivity contribution in [1.82, 2.24) is 0 Å². The third kappa shape index (κ3) is 3.51. The number of anilines is 1. The SMILES string of the molecule is C[C@@H](O)c1ccc(N2CCCCCC2CO)c([N+](=O)[O-])c1. The van der Waals surface area contributed by atoms with Crippen molar-refractivity contribution in [2.45, 2.75) is 44.8 Å². The molecular formula is C15H22N2O4. The van der Waals surface area contributed by atoms with E-state index in [4.69, 9.17) is 0 Å².